The van der Waals surface area contributed by atoms with E-state index in [4.69, 9.17) is 11.6 Å². The molecule has 0 aliphatic heterocycles. The molecule has 0 radical (unpaired) electrons. The van der Waals surface area contributed by atoms with Crippen LogP contribution in [-0.4, -0.2) is 9.55 Å². The SMILES string of the molecule is Clc1cccc(NCc2cc(Br)c(Br)s2)c1-n1ccnc1. The average molecular weight is 448 g/mol. The molecule has 3 aromatic rings. The van der Waals surface area contributed by atoms with Gasteiger partial charge in [0.2, 0.25) is 0 Å². The van der Waals surface area contributed by atoms with Crippen molar-refractivity contribution < 1.29 is 0 Å². The number of para-hydroxylation sites is 1. The third-order valence-corrected chi connectivity index (χ3v) is 6.46. The van der Waals surface area contributed by atoms with E-state index < -0.39 is 0 Å². The van der Waals surface area contributed by atoms with E-state index in [2.05, 4.69) is 48.2 Å². The average Bonchev–Trinajstić information content (AvgIpc) is 3.07. The van der Waals surface area contributed by atoms with E-state index in [-0.39, 0.29) is 0 Å². The molecule has 0 fully saturated rings. The predicted molar refractivity (Wildman–Crippen MR) is 95.6 cm³/mol. The predicted octanol–water partition coefficient (Wildman–Crippen LogP) is 5.72. The second-order valence-corrected chi connectivity index (χ2v) is 8.01. The van der Waals surface area contributed by atoms with Crippen molar-refractivity contribution in [1.29, 1.82) is 0 Å². The Kier molecular flexibility index (Phi) is 4.69. The molecule has 0 saturated carbocycles. The van der Waals surface area contributed by atoms with E-state index >= 15 is 0 Å². The van der Waals surface area contributed by atoms with Crippen LogP contribution in [0.5, 0.6) is 0 Å². The number of hydrogen-bond acceptors (Lipinski definition) is 3. The first-order chi connectivity index (χ1) is 10.1. The Labute approximate surface area is 148 Å². The molecular formula is C14H10Br2ClN3S. The second-order valence-electron chi connectivity index (χ2n) is 4.29. The molecule has 0 aliphatic rings. The molecule has 2 aromatic heterocycles. The normalized spacial score (nSPS) is 10.8. The summed E-state index contributed by atoms with van der Waals surface area (Å²) in [5.74, 6) is 0. The minimum absolute atomic E-state index is 0.687. The summed E-state index contributed by atoms with van der Waals surface area (Å²) >= 11 is 15.0. The van der Waals surface area contributed by atoms with Crippen molar-refractivity contribution in [2.75, 3.05) is 5.32 Å². The maximum absolute atomic E-state index is 6.33. The molecule has 0 atom stereocenters. The molecular weight excluding hydrogens is 438 g/mol. The van der Waals surface area contributed by atoms with E-state index in [1.807, 2.05) is 29.0 Å². The van der Waals surface area contributed by atoms with Crippen molar-refractivity contribution in [1.82, 2.24) is 9.55 Å². The van der Waals surface area contributed by atoms with E-state index in [1.165, 1.54) is 4.88 Å². The fraction of sp³-hybridized carbons (Fsp3) is 0.0714. The zero-order chi connectivity index (χ0) is 14.8. The van der Waals surface area contributed by atoms with Gasteiger partial charge in [0, 0.05) is 28.3 Å². The van der Waals surface area contributed by atoms with Gasteiger partial charge in [-0.2, -0.15) is 0 Å². The third kappa shape index (κ3) is 3.34. The first-order valence-electron chi connectivity index (χ1n) is 6.09. The van der Waals surface area contributed by atoms with Crippen LogP contribution >= 0.6 is 54.8 Å². The van der Waals surface area contributed by atoms with Gasteiger partial charge in [-0.3, -0.25) is 0 Å². The summed E-state index contributed by atoms with van der Waals surface area (Å²) in [6.07, 6.45) is 5.36. The highest BCUT2D eigenvalue weighted by molar-refractivity contribution is 9.13. The lowest BCUT2D eigenvalue weighted by Gasteiger charge is -2.13. The number of benzene rings is 1. The van der Waals surface area contributed by atoms with Crippen molar-refractivity contribution >= 4 is 60.5 Å². The van der Waals surface area contributed by atoms with Gasteiger partial charge in [0.1, 0.15) is 0 Å². The van der Waals surface area contributed by atoms with Crippen molar-refractivity contribution in [3.63, 3.8) is 0 Å². The second kappa shape index (κ2) is 6.52. The van der Waals surface area contributed by atoms with Gasteiger partial charge in [-0.1, -0.05) is 17.7 Å². The Bertz CT molecular complexity index is 736. The standard InChI is InChI=1S/C14H10Br2ClN3S/c15-10-6-9(21-14(10)16)7-19-12-3-1-2-11(17)13(12)20-5-4-18-8-20/h1-6,8,19H,7H2. The molecule has 3 nitrogen and oxygen atoms in total. The molecule has 0 spiro atoms. The fourth-order valence-electron chi connectivity index (χ4n) is 1.97. The van der Waals surface area contributed by atoms with Crippen LogP contribution < -0.4 is 5.32 Å². The highest BCUT2D eigenvalue weighted by atomic mass is 79.9. The lowest BCUT2D eigenvalue weighted by Crippen LogP contribution is -2.03. The molecule has 3 rings (SSSR count). The molecule has 0 aliphatic carbocycles. The van der Waals surface area contributed by atoms with Gasteiger partial charge in [0.25, 0.3) is 0 Å². The molecule has 0 saturated heterocycles. The number of thiophene rings is 1. The van der Waals surface area contributed by atoms with Crippen molar-refractivity contribution in [2.45, 2.75) is 6.54 Å². The monoisotopic (exact) mass is 445 g/mol. The zero-order valence-electron chi connectivity index (χ0n) is 10.7. The summed E-state index contributed by atoms with van der Waals surface area (Å²) in [5, 5.41) is 4.12. The molecule has 108 valence electrons. The number of aromatic nitrogens is 2. The molecule has 0 unspecified atom stereocenters. The van der Waals surface area contributed by atoms with E-state index in [0.717, 1.165) is 26.2 Å². The van der Waals surface area contributed by atoms with Crippen LogP contribution in [0, 0.1) is 0 Å². The van der Waals surface area contributed by atoms with Gasteiger partial charge in [0.05, 0.1) is 26.5 Å². The summed E-state index contributed by atoms with van der Waals surface area (Å²) in [6, 6.07) is 7.92. The first-order valence-corrected chi connectivity index (χ1v) is 8.87. The Hall–Kier alpha value is -0.820. The van der Waals surface area contributed by atoms with Crippen molar-refractivity contribution in [3.05, 3.63) is 61.1 Å². The van der Waals surface area contributed by atoms with Gasteiger partial charge < -0.3 is 9.88 Å². The Morgan fingerprint density at radius 2 is 2.19 bits per heavy atom. The fourth-order valence-corrected chi connectivity index (χ4v) is 4.36. The lowest BCUT2D eigenvalue weighted by atomic mass is 10.2. The molecule has 0 bridgehead atoms. The maximum atomic E-state index is 6.33. The van der Waals surface area contributed by atoms with Gasteiger partial charge in [-0.25, -0.2) is 4.98 Å². The number of imidazole rings is 1. The summed E-state index contributed by atoms with van der Waals surface area (Å²) < 4.78 is 4.08. The number of rotatable bonds is 4. The van der Waals surface area contributed by atoms with Crippen LogP contribution in [0.1, 0.15) is 4.88 Å². The van der Waals surface area contributed by atoms with Crippen LogP contribution in [0.3, 0.4) is 0 Å². The number of halogens is 3. The van der Waals surface area contributed by atoms with Gasteiger partial charge >= 0.3 is 0 Å². The van der Waals surface area contributed by atoms with E-state index in [9.17, 15) is 0 Å². The maximum Gasteiger partial charge on any atom is 0.0992 e. The Morgan fingerprint density at radius 3 is 2.86 bits per heavy atom. The third-order valence-electron chi connectivity index (χ3n) is 2.90. The largest absolute Gasteiger partial charge is 0.378 e. The topological polar surface area (TPSA) is 29.9 Å². The Balaban J connectivity index is 1.87. The van der Waals surface area contributed by atoms with Crippen LogP contribution in [0.4, 0.5) is 5.69 Å². The molecule has 1 N–H and O–H groups in total. The minimum atomic E-state index is 0.687. The summed E-state index contributed by atoms with van der Waals surface area (Å²) in [4.78, 5) is 5.31. The number of hydrogen-bond donors (Lipinski definition) is 1. The summed E-state index contributed by atoms with van der Waals surface area (Å²) in [6.45, 7) is 0.733. The lowest BCUT2D eigenvalue weighted by molar-refractivity contribution is 1.05. The molecule has 0 amide bonds. The number of nitrogens with one attached hydrogen (secondary N) is 1. The number of nitrogens with zero attached hydrogens (tertiary/aromatic N) is 2. The summed E-state index contributed by atoms with van der Waals surface area (Å²) in [7, 11) is 0. The molecule has 2 heterocycles. The first kappa shape index (κ1) is 15.1. The minimum Gasteiger partial charge on any atom is -0.378 e. The van der Waals surface area contributed by atoms with Crippen LogP contribution in [0.15, 0.2) is 51.2 Å². The van der Waals surface area contributed by atoms with E-state index in [1.54, 1.807) is 23.9 Å². The van der Waals surface area contributed by atoms with Crippen molar-refractivity contribution in [2.24, 2.45) is 0 Å². The van der Waals surface area contributed by atoms with Crippen LogP contribution in [-0.2, 0) is 6.54 Å². The van der Waals surface area contributed by atoms with Gasteiger partial charge in [-0.05, 0) is 50.1 Å². The van der Waals surface area contributed by atoms with E-state index in [0.29, 0.717) is 5.02 Å². The number of anilines is 1. The van der Waals surface area contributed by atoms with Gasteiger partial charge in [-0.15, -0.1) is 11.3 Å². The smallest absolute Gasteiger partial charge is 0.0992 e. The molecule has 21 heavy (non-hydrogen) atoms. The van der Waals surface area contributed by atoms with Crippen molar-refractivity contribution in [3.8, 4) is 5.69 Å². The van der Waals surface area contributed by atoms with Crippen LogP contribution in [0.2, 0.25) is 5.02 Å². The quantitative estimate of drug-likeness (QED) is 0.554. The summed E-state index contributed by atoms with van der Waals surface area (Å²) in [5.41, 5.74) is 1.88. The zero-order valence-corrected chi connectivity index (χ0v) is 15.4. The van der Waals surface area contributed by atoms with Gasteiger partial charge in [0.15, 0.2) is 0 Å². The highest BCUT2D eigenvalue weighted by Crippen LogP contribution is 2.34. The molecule has 7 heteroatoms. The van der Waals surface area contributed by atoms with Crippen LogP contribution in [0.25, 0.3) is 5.69 Å². The highest BCUT2D eigenvalue weighted by Gasteiger charge is 2.10. The molecule has 1 aromatic carbocycles. The Morgan fingerprint density at radius 1 is 1.33 bits per heavy atom.